The number of hydrogen-bond acceptors (Lipinski definition) is 7. The highest BCUT2D eigenvalue weighted by Crippen LogP contribution is 2.40. The van der Waals surface area contributed by atoms with Crippen molar-refractivity contribution in [2.45, 2.75) is 37.8 Å². The number of nitrogens with one attached hydrogen (secondary N) is 1. The van der Waals surface area contributed by atoms with Crippen LogP contribution in [0.15, 0.2) is 29.4 Å². The average molecular weight is 468 g/mol. The lowest BCUT2D eigenvalue weighted by Gasteiger charge is -2.20. The molecule has 0 bridgehead atoms. The van der Waals surface area contributed by atoms with Crippen molar-refractivity contribution >= 4 is 34.0 Å². The standard InChI is InChI=1S/C23H25N5O2S2/c1-4-14-9-10-15-17(12-24)22(32-19(15)11-14)25-20(29)13-31-23-27-26-21(28(23)2)16-7-5-6-8-18(16)30-3/h5-8,14H,4,9-11,13H2,1-3H3,(H,25,29). The molecule has 1 aliphatic rings. The number of hydrogen-bond donors (Lipinski definition) is 1. The molecule has 1 amide bonds. The van der Waals surface area contributed by atoms with Crippen LogP contribution in [0.1, 0.15) is 35.8 Å². The van der Waals surface area contributed by atoms with Gasteiger partial charge in [-0.3, -0.25) is 4.79 Å². The van der Waals surface area contributed by atoms with E-state index in [0.29, 0.717) is 33.2 Å². The second kappa shape index (κ2) is 9.76. The molecule has 0 aliphatic heterocycles. The fourth-order valence-corrected chi connectivity index (χ4v) is 6.05. The highest BCUT2D eigenvalue weighted by atomic mass is 32.2. The zero-order valence-electron chi connectivity index (χ0n) is 18.3. The van der Waals surface area contributed by atoms with Crippen molar-refractivity contribution in [3.05, 3.63) is 40.3 Å². The summed E-state index contributed by atoms with van der Waals surface area (Å²) in [4.78, 5) is 13.9. The predicted molar refractivity (Wildman–Crippen MR) is 127 cm³/mol. The number of methoxy groups -OCH3 is 1. The van der Waals surface area contributed by atoms with Crippen LogP contribution in [0.2, 0.25) is 0 Å². The second-order valence-corrected chi connectivity index (χ2v) is 9.79. The molecule has 3 aromatic rings. The molecular formula is C23H25N5O2S2. The summed E-state index contributed by atoms with van der Waals surface area (Å²) in [5, 5.41) is 22.5. The van der Waals surface area contributed by atoms with Crippen LogP contribution in [-0.2, 0) is 24.7 Å². The lowest BCUT2D eigenvalue weighted by molar-refractivity contribution is -0.113. The number of carbonyl (C=O) groups is 1. The Morgan fingerprint density at radius 3 is 2.97 bits per heavy atom. The number of ether oxygens (including phenoxy) is 1. The third-order valence-corrected chi connectivity index (χ3v) is 8.01. The first-order chi connectivity index (χ1) is 15.5. The number of thiophene rings is 1. The van der Waals surface area contributed by atoms with E-state index in [0.717, 1.165) is 36.8 Å². The van der Waals surface area contributed by atoms with Crippen LogP contribution >= 0.6 is 23.1 Å². The summed E-state index contributed by atoms with van der Waals surface area (Å²) in [7, 11) is 3.49. The van der Waals surface area contributed by atoms with Crippen molar-refractivity contribution < 1.29 is 9.53 Å². The summed E-state index contributed by atoms with van der Waals surface area (Å²) in [6.07, 6.45) is 4.17. The van der Waals surface area contributed by atoms with Gasteiger partial charge in [0.1, 0.15) is 16.8 Å². The number of benzene rings is 1. The molecule has 1 unspecified atom stereocenters. The van der Waals surface area contributed by atoms with Crippen molar-refractivity contribution in [3.8, 4) is 23.2 Å². The highest BCUT2D eigenvalue weighted by molar-refractivity contribution is 7.99. The average Bonchev–Trinajstić information content (AvgIpc) is 3.35. The summed E-state index contributed by atoms with van der Waals surface area (Å²) in [5.74, 6) is 2.09. The van der Waals surface area contributed by atoms with E-state index in [9.17, 15) is 10.1 Å². The molecule has 2 heterocycles. The fraction of sp³-hybridized carbons (Fsp3) is 0.391. The molecule has 2 aromatic heterocycles. The molecule has 0 saturated heterocycles. The van der Waals surface area contributed by atoms with Gasteiger partial charge in [-0.05, 0) is 42.9 Å². The van der Waals surface area contributed by atoms with Crippen LogP contribution in [0.3, 0.4) is 0 Å². The van der Waals surface area contributed by atoms with Gasteiger partial charge in [0.05, 0.1) is 24.0 Å². The Bertz CT molecular complexity index is 1180. The first-order valence-electron chi connectivity index (χ1n) is 10.6. The van der Waals surface area contributed by atoms with E-state index in [1.807, 2.05) is 35.9 Å². The molecule has 9 heteroatoms. The van der Waals surface area contributed by atoms with Crippen LogP contribution in [0.5, 0.6) is 5.75 Å². The zero-order chi connectivity index (χ0) is 22.7. The van der Waals surface area contributed by atoms with E-state index in [1.54, 1.807) is 18.4 Å². The summed E-state index contributed by atoms with van der Waals surface area (Å²) in [6.45, 7) is 2.21. The van der Waals surface area contributed by atoms with Crippen LogP contribution in [-0.4, -0.2) is 33.5 Å². The molecule has 1 aromatic carbocycles. The molecule has 7 nitrogen and oxygen atoms in total. The lowest BCUT2D eigenvalue weighted by Crippen LogP contribution is -2.14. The van der Waals surface area contributed by atoms with Crippen LogP contribution in [0.4, 0.5) is 5.00 Å². The maximum Gasteiger partial charge on any atom is 0.235 e. The third kappa shape index (κ3) is 4.38. The van der Waals surface area contributed by atoms with Gasteiger partial charge in [0.25, 0.3) is 0 Å². The second-order valence-electron chi connectivity index (χ2n) is 7.74. The van der Waals surface area contributed by atoms with E-state index < -0.39 is 0 Å². The summed E-state index contributed by atoms with van der Waals surface area (Å²) >= 11 is 2.87. The monoisotopic (exact) mass is 467 g/mol. The van der Waals surface area contributed by atoms with Crippen molar-refractivity contribution in [2.75, 3.05) is 18.2 Å². The minimum atomic E-state index is -0.154. The van der Waals surface area contributed by atoms with Crippen molar-refractivity contribution in [2.24, 2.45) is 13.0 Å². The van der Waals surface area contributed by atoms with Gasteiger partial charge in [-0.1, -0.05) is 37.2 Å². The molecule has 1 atom stereocenters. The number of carbonyl (C=O) groups excluding carboxylic acids is 1. The normalized spacial score (nSPS) is 15.1. The van der Waals surface area contributed by atoms with E-state index in [4.69, 9.17) is 4.74 Å². The minimum absolute atomic E-state index is 0.154. The summed E-state index contributed by atoms with van der Waals surface area (Å²) in [6, 6.07) is 9.93. The SMILES string of the molecule is CCC1CCc2c(sc(NC(=O)CSc3nnc(-c4ccccc4OC)n3C)c2C#N)C1. The van der Waals surface area contributed by atoms with E-state index >= 15 is 0 Å². The topological polar surface area (TPSA) is 92.8 Å². The number of nitrogens with zero attached hydrogens (tertiary/aromatic N) is 4. The predicted octanol–water partition coefficient (Wildman–Crippen LogP) is 4.67. The van der Waals surface area contributed by atoms with Gasteiger partial charge in [0, 0.05) is 11.9 Å². The lowest BCUT2D eigenvalue weighted by atomic mass is 9.86. The van der Waals surface area contributed by atoms with Gasteiger partial charge in [0.15, 0.2) is 11.0 Å². The van der Waals surface area contributed by atoms with Crippen molar-refractivity contribution in [3.63, 3.8) is 0 Å². The third-order valence-electron chi connectivity index (χ3n) is 5.82. The number of nitriles is 1. The molecule has 4 rings (SSSR count). The maximum atomic E-state index is 12.7. The first kappa shape index (κ1) is 22.4. The number of fused-ring (bicyclic) bond motifs is 1. The summed E-state index contributed by atoms with van der Waals surface area (Å²) < 4.78 is 7.27. The molecule has 32 heavy (non-hydrogen) atoms. The number of amides is 1. The number of thioether (sulfide) groups is 1. The van der Waals surface area contributed by atoms with Crippen LogP contribution in [0.25, 0.3) is 11.4 Å². The van der Waals surface area contributed by atoms with Crippen molar-refractivity contribution in [1.82, 2.24) is 14.8 Å². The number of aromatic nitrogens is 3. The van der Waals surface area contributed by atoms with Crippen LogP contribution in [0, 0.1) is 17.2 Å². The zero-order valence-corrected chi connectivity index (χ0v) is 20.0. The Kier molecular flexibility index (Phi) is 6.82. The van der Waals surface area contributed by atoms with Gasteiger partial charge >= 0.3 is 0 Å². The molecule has 1 aliphatic carbocycles. The van der Waals surface area contributed by atoms with Gasteiger partial charge < -0.3 is 14.6 Å². The summed E-state index contributed by atoms with van der Waals surface area (Å²) in [5.41, 5.74) is 2.60. The van der Waals surface area contributed by atoms with Gasteiger partial charge in [0.2, 0.25) is 5.91 Å². The molecule has 0 fully saturated rings. The smallest absolute Gasteiger partial charge is 0.235 e. The number of rotatable bonds is 7. The van der Waals surface area contributed by atoms with E-state index in [1.165, 1.54) is 16.6 Å². The minimum Gasteiger partial charge on any atom is -0.496 e. The number of para-hydroxylation sites is 1. The molecule has 0 radical (unpaired) electrons. The Hall–Kier alpha value is -2.83. The Morgan fingerprint density at radius 2 is 2.22 bits per heavy atom. The molecule has 166 valence electrons. The Morgan fingerprint density at radius 1 is 1.41 bits per heavy atom. The number of anilines is 1. The van der Waals surface area contributed by atoms with Gasteiger partial charge in [-0.2, -0.15) is 5.26 Å². The Balaban J connectivity index is 1.44. The quantitative estimate of drug-likeness (QED) is 0.508. The fourth-order valence-electron chi connectivity index (χ4n) is 4.01. The van der Waals surface area contributed by atoms with Gasteiger partial charge in [-0.15, -0.1) is 21.5 Å². The van der Waals surface area contributed by atoms with Crippen LogP contribution < -0.4 is 10.1 Å². The first-order valence-corrected chi connectivity index (χ1v) is 12.4. The van der Waals surface area contributed by atoms with E-state index in [2.05, 4.69) is 28.5 Å². The Labute approximate surface area is 195 Å². The largest absolute Gasteiger partial charge is 0.496 e. The van der Waals surface area contributed by atoms with Gasteiger partial charge in [-0.25, -0.2) is 0 Å². The molecule has 0 saturated carbocycles. The maximum absolute atomic E-state index is 12.7. The van der Waals surface area contributed by atoms with Crippen molar-refractivity contribution in [1.29, 1.82) is 5.26 Å². The molecule has 1 N–H and O–H groups in total. The molecular weight excluding hydrogens is 442 g/mol. The highest BCUT2D eigenvalue weighted by Gasteiger charge is 2.26. The molecule has 0 spiro atoms. The van der Waals surface area contributed by atoms with E-state index in [-0.39, 0.29) is 11.7 Å².